The van der Waals surface area contributed by atoms with Gasteiger partial charge < -0.3 is 5.11 Å². The molecular formula is C14H12ClNO4S. The van der Waals surface area contributed by atoms with E-state index in [0.29, 0.717) is 0 Å². The van der Waals surface area contributed by atoms with Crippen LogP contribution >= 0.6 is 11.6 Å². The Labute approximate surface area is 127 Å². The third kappa shape index (κ3) is 3.53. The smallest absolute Gasteiger partial charge is 0.337 e. The number of rotatable bonds is 4. The molecule has 0 fully saturated rings. The highest BCUT2D eigenvalue weighted by atomic mass is 35.5. The van der Waals surface area contributed by atoms with Gasteiger partial charge in [-0.15, -0.1) is 0 Å². The van der Waals surface area contributed by atoms with Crippen LogP contribution in [0.5, 0.6) is 0 Å². The largest absolute Gasteiger partial charge is 0.478 e. The molecule has 0 aliphatic carbocycles. The van der Waals surface area contributed by atoms with Crippen LogP contribution in [0.1, 0.15) is 15.9 Å². The molecule has 0 amide bonds. The normalized spacial score (nSPS) is 11.1. The van der Waals surface area contributed by atoms with Gasteiger partial charge in [-0.1, -0.05) is 29.3 Å². The summed E-state index contributed by atoms with van der Waals surface area (Å²) >= 11 is 5.74. The van der Waals surface area contributed by atoms with E-state index >= 15 is 0 Å². The monoisotopic (exact) mass is 325 g/mol. The molecule has 0 unspecified atom stereocenters. The highest BCUT2D eigenvalue weighted by Gasteiger charge is 2.16. The van der Waals surface area contributed by atoms with Crippen LogP contribution in [-0.2, 0) is 10.0 Å². The summed E-state index contributed by atoms with van der Waals surface area (Å²) in [7, 11) is -3.77. The average molecular weight is 326 g/mol. The maximum atomic E-state index is 12.2. The minimum absolute atomic E-state index is 0.0424. The molecule has 0 aromatic heterocycles. The molecule has 0 radical (unpaired) electrons. The van der Waals surface area contributed by atoms with Gasteiger partial charge in [-0.3, -0.25) is 4.72 Å². The number of hydrogen-bond acceptors (Lipinski definition) is 3. The Morgan fingerprint density at radius 3 is 2.33 bits per heavy atom. The van der Waals surface area contributed by atoms with Gasteiger partial charge in [-0.05, 0) is 37.3 Å². The van der Waals surface area contributed by atoms with Crippen molar-refractivity contribution in [2.45, 2.75) is 11.8 Å². The van der Waals surface area contributed by atoms with Crippen molar-refractivity contribution in [2.24, 2.45) is 0 Å². The molecular weight excluding hydrogens is 314 g/mol. The fourth-order valence-electron chi connectivity index (χ4n) is 1.68. The van der Waals surface area contributed by atoms with Gasteiger partial charge in [0, 0.05) is 5.69 Å². The van der Waals surface area contributed by atoms with Crippen LogP contribution in [0.25, 0.3) is 0 Å². The summed E-state index contributed by atoms with van der Waals surface area (Å²) in [5, 5.41) is 9.02. The predicted molar refractivity (Wildman–Crippen MR) is 80.4 cm³/mol. The van der Waals surface area contributed by atoms with E-state index in [1.165, 1.54) is 30.3 Å². The van der Waals surface area contributed by atoms with Crippen LogP contribution in [0.3, 0.4) is 0 Å². The van der Waals surface area contributed by atoms with Crippen molar-refractivity contribution in [3.8, 4) is 0 Å². The number of sulfonamides is 1. The molecule has 0 aliphatic rings. The van der Waals surface area contributed by atoms with E-state index in [1.54, 1.807) is 12.1 Å². The van der Waals surface area contributed by atoms with Crippen LogP contribution in [-0.4, -0.2) is 19.5 Å². The van der Waals surface area contributed by atoms with E-state index in [4.69, 9.17) is 16.7 Å². The first-order valence-corrected chi connectivity index (χ1v) is 7.78. The molecule has 0 bridgehead atoms. The van der Waals surface area contributed by atoms with Crippen molar-refractivity contribution in [2.75, 3.05) is 4.72 Å². The molecule has 0 atom stereocenters. The molecule has 2 rings (SSSR count). The summed E-state index contributed by atoms with van der Waals surface area (Å²) in [4.78, 5) is 11.1. The quantitative estimate of drug-likeness (QED) is 0.904. The summed E-state index contributed by atoms with van der Waals surface area (Å²) in [5.41, 5.74) is 0.909. The van der Waals surface area contributed by atoms with Gasteiger partial charge in [0.2, 0.25) is 0 Å². The number of halogens is 1. The van der Waals surface area contributed by atoms with Crippen LogP contribution in [0.2, 0.25) is 5.02 Å². The van der Waals surface area contributed by atoms with Crippen molar-refractivity contribution in [3.63, 3.8) is 0 Å². The van der Waals surface area contributed by atoms with Crippen molar-refractivity contribution in [3.05, 3.63) is 58.6 Å². The minimum Gasteiger partial charge on any atom is -0.478 e. The van der Waals surface area contributed by atoms with Crippen LogP contribution in [0.15, 0.2) is 47.4 Å². The number of carboxylic acid groups (broad SMARTS) is 1. The van der Waals surface area contributed by atoms with E-state index in [2.05, 4.69) is 4.72 Å². The van der Waals surface area contributed by atoms with Crippen LogP contribution < -0.4 is 4.72 Å². The number of carbonyl (C=O) groups is 1. The second-order valence-corrected chi connectivity index (χ2v) is 6.51. The van der Waals surface area contributed by atoms with Gasteiger partial charge in [-0.2, -0.15) is 0 Å². The molecule has 2 N–H and O–H groups in total. The molecule has 2 aromatic carbocycles. The highest BCUT2D eigenvalue weighted by molar-refractivity contribution is 7.92. The predicted octanol–water partition coefficient (Wildman–Crippen LogP) is 3.15. The van der Waals surface area contributed by atoms with Gasteiger partial charge in [0.15, 0.2) is 0 Å². The SMILES string of the molecule is Cc1ccc(S(=O)(=O)Nc2ccc(Cl)c(C(=O)O)c2)cc1. The number of aryl methyl sites for hydroxylation is 1. The fraction of sp³-hybridized carbons (Fsp3) is 0.0714. The Morgan fingerprint density at radius 2 is 1.76 bits per heavy atom. The van der Waals surface area contributed by atoms with E-state index in [1.807, 2.05) is 6.92 Å². The number of anilines is 1. The van der Waals surface area contributed by atoms with Gasteiger partial charge in [0.25, 0.3) is 10.0 Å². The number of aromatic carboxylic acids is 1. The second kappa shape index (κ2) is 5.75. The topological polar surface area (TPSA) is 83.5 Å². The lowest BCUT2D eigenvalue weighted by Crippen LogP contribution is -2.13. The van der Waals surface area contributed by atoms with Gasteiger partial charge >= 0.3 is 5.97 Å². The first-order chi connectivity index (χ1) is 9.79. The zero-order valence-corrected chi connectivity index (χ0v) is 12.6. The van der Waals surface area contributed by atoms with E-state index in [-0.39, 0.29) is 21.2 Å². The molecule has 5 nitrogen and oxygen atoms in total. The number of hydrogen-bond donors (Lipinski definition) is 2. The summed E-state index contributed by atoms with van der Waals surface area (Å²) < 4.78 is 26.7. The molecule has 21 heavy (non-hydrogen) atoms. The average Bonchev–Trinajstić information content (AvgIpc) is 2.41. The Kier molecular flexibility index (Phi) is 4.20. The molecule has 0 saturated heterocycles. The van der Waals surface area contributed by atoms with Crippen LogP contribution in [0, 0.1) is 6.92 Å². The molecule has 0 heterocycles. The Morgan fingerprint density at radius 1 is 1.14 bits per heavy atom. The molecule has 110 valence electrons. The third-order valence-electron chi connectivity index (χ3n) is 2.78. The standard InChI is InChI=1S/C14H12ClNO4S/c1-9-2-5-11(6-3-9)21(19,20)16-10-4-7-13(15)12(8-10)14(17)18/h2-8,16H,1H3,(H,17,18). The number of benzene rings is 2. The Hall–Kier alpha value is -2.05. The summed E-state index contributed by atoms with van der Waals surface area (Å²) in [5.74, 6) is -1.23. The molecule has 0 aliphatic heterocycles. The summed E-state index contributed by atoms with van der Waals surface area (Å²) in [6.07, 6.45) is 0. The summed E-state index contributed by atoms with van der Waals surface area (Å²) in [6, 6.07) is 10.2. The first-order valence-electron chi connectivity index (χ1n) is 5.92. The first kappa shape index (κ1) is 15.3. The van der Waals surface area contributed by atoms with Gasteiger partial charge in [0.05, 0.1) is 15.5 Å². The molecule has 7 heteroatoms. The zero-order chi connectivity index (χ0) is 15.6. The lowest BCUT2D eigenvalue weighted by molar-refractivity contribution is 0.0697. The lowest BCUT2D eigenvalue weighted by atomic mass is 10.2. The van der Waals surface area contributed by atoms with Crippen molar-refractivity contribution >= 4 is 33.3 Å². The minimum atomic E-state index is -3.77. The number of nitrogens with one attached hydrogen (secondary N) is 1. The molecule has 2 aromatic rings. The van der Waals surface area contributed by atoms with Crippen molar-refractivity contribution in [1.29, 1.82) is 0 Å². The Balaban J connectivity index is 2.35. The van der Waals surface area contributed by atoms with Crippen molar-refractivity contribution in [1.82, 2.24) is 0 Å². The highest BCUT2D eigenvalue weighted by Crippen LogP contribution is 2.23. The van der Waals surface area contributed by atoms with Crippen LogP contribution in [0.4, 0.5) is 5.69 Å². The zero-order valence-electron chi connectivity index (χ0n) is 11.0. The number of carboxylic acids is 1. The van der Waals surface area contributed by atoms with E-state index in [0.717, 1.165) is 5.56 Å². The van der Waals surface area contributed by atoms with E-state index < -0.39 is 16.0 Å². The maximum Gasteiger partial charge on any atom is 0.337 e. The Bertz CT molecular complexity index is 785. The molecule has 0 spiro atoms. The van der Waals surface area contributed by atoms with Crippen molar-refractivity contribution < 1.29 is 18.3 Å². The summed E-state index contributed by atoms with van der Waals surface area (Å²) in [6.45, 7) is 1.85. The van der Waals surface area contributed by atoms with Gasteiger partial charge in [-0.25, -0.2) is 13.2 Å². The maximum absolute atomic E-state index is 12.2. The lowest BCUT2D eigenvalue weighted by Gasteiger charge is -2.09. The molecule has 0 saturated carbocycles. The van der Waals surface area contributed by atoms with Gasteiger partial charge in [0.1, 0.15) is 0 Å². The third-order valence-corrected chi connectivity index (χ3v) is 4.51. The second-order valence-electron chi connectivity index (χ2n) is 4.42. The fourth-order valence-corrected chi connectivity index (χ4v) is 2.93. The van der Waals surface area contributed by atoms with E-state index in [9.17, 15) is 13.2 Å².